The van der Waals surface area contributed by atoms with Crippen LogP contribution in [0.25, 0.3) is 0 Å². The second-order valence-corrected chi connectivity index (χ2v) is 1.44. The molecule has 0 aromatic carbocycles. The Hall–Kier alpha value is -0.150. The molecule has 0 amide bonds. The SMILES string of the molecule is C#C[C@@H](C)Cl. The Balaban J connectivity index is 2.94. The number of hydrogen-bond acceptors (Lipinski definition) is 0. The summed E-state index contributed by atoms with van der Waals surface area (Å²) in [6.45, 7) is 1.75. The van der Waals surface area contributed by atoms with Crippen LogP contribution in [0.4, 0.5) is 0 Å². The summed E-state index contributed by atoms with van der Waals surface area (Å²) in [4.78, 5) is 0. The maximum atomic E-state index is 5.23. The number of rotatable bonds is 0. The fourth-order valence-electron chi connectivity index (χ4n) is 0. The Morgan fingerprint density at radius 2 is 2.20 bits per heavy atom. The molecule has 0 spiro atoms. The molecule has 0 radical (unpaired) electrons. The lowest BCUT2D eigenvalue weighted by Crippen LogP contribution is -1.77. The van der Waals surface area contributed by atoms with E-state index in [0.29, 0.717) is 0 Å². The number of halogens is 1. The van der Waals surface area contributed by atoms with Gasteiger partial charge < -0.3 is 0 Å². The minimum absolute atomic E-state index is 0.116. The first-order chi connectivity index (χ1) is 2.27. The first-order valence-electron chi connectivity index (χ1n) is 1.37. The summed E-state index contributed by atoms with van der Waals surface area (Å²) in [5.41, 5.74) is 0. The van der Waals surface area contributed by atoms with Gasteiger partial charge >= 0.3 is 0 Å². The molecule has 0 aliphatic heterocycles. The minimum Gasteiger partial charge on any atom is -0.119 e. The number of terminal acetylenes is 1. The summed E-state index contributed by atoms with van der Waals surface area (Å²) in [7, 11) is 0. The standard InChI is InChI=1S/C4H5Cl/c1-3-4(2)5/h1,4H,2H3/t4-/m1/s1. The Kier molecular flexibility index (Phi) is 2.05. The predicted molar refractivity (Wildman–Crippen MR) is 24.1 cm³/mol. The van der Waals surface area contributed by atoms with Crippen molar-refractivity contribution in [1.82, 2.24) is 0 Å². The quantitative estimate of drug-likeness (QED) is 0.309. The van der Waals surface area contributed by atoms with Crippen LogP contribution in [0.3, 0.4) is 0 Å². The number of alkyl halides is 1. The largest absolute Gasteiger partial charge is 0.119 e. The molecular formula is C4H5Cl. The van der Waals surface area contributed by atoms with E-state index in [1.54, 1.807) is 6.92 Å². The van der Waals surface area contributed by atoms with Crippen molar-refractivity contribution in [3.8, 4) is 12.3 Å². The molecule has 0 aromatic heterocycles. The third kappa shape index (κ3) is 3.85. The summed E-state index contributed by atoms with van der Waals surface area (Å²) in [6.07, 6.45) is 4.79. The van der Waals surface area contributed by atoms with Gasteiger partial charge in [0.15, 0.2) is 0 Å². The summed E-state index contributed by atoms with van der Waals surface area (Å²) in [5, 5.41) is -0.116. The average Bonchev–Trinajstić information content (AvgIpc) is 1.38. The van der Waals surface area contributed by atoms with Crippen molar-refractivity contribution in [3.05, 3.63) is 0 Å². The normalized spacial score (nSPS) is 13.0. The Bertz CT molecular complexity index is 49.2. The molecule has 1 atom stereocenters. The third-order valence-electron chi connectivity index (χ3n) is 0.230. The number of hydrogen-bond donors (Lipinski definition) is 0. The zero-order valence-electron chi connectivity index (χ0n) is 3.03. The van der Waals surface area contributed by atoms with Gasteiger partial charge in [-0.25, -0.2) is 0 Å². The predicted octanol–water partition coefficient (Wildman–Crippen LogP) is 1.25. The van der Waals surface area contributed by atoms with Crippen LogP contribution < -0.4 is 0 Å². The molecule has 5 heavy (non-hydrogen) atoms. The van der Waals surface area contributed by atoms with Crippen LogP contribution in [0, 0.1) is 12.3 Å². The molecule has 0 aliphatic carbocycles. The van der Waals surface area contributed by atoms with Gasteiger partial charge in [0.1, 0.15) is 0 Å². The highest BCUT2D eigenvalue weighted by Crippen LogP contribution is 1.85. The maximum Gasteiger partial charge on any atom is 0.0912 e. The maximum absolute atomic E-state index is 5.23. The molecule has 0 saturated carbocycles. The lowest BCUT2D eigenvalue weighted by molar-refractivity contribution is 1.29. The fourth-order valence-corrected chi connectivity index (χ4v) is 0. The first kappa shape index (κ1) is 4.85. The van der Waals surface area contributed by atoms with Crippen molar-refractivity contribution in [2.45, 2.75) is 12.3 Å². The molecule has 0 rings (SSSR count). The second-order valence-electron chi connectivity index (χ2n) is 0.783. The molecule has 0 bridgehead atoms. The van der Waals surface area contributed by atoms with Gasteiger partial charge in [-0.2, -0.15) is 0 Å². The van der Waals surface area contributed by atoms with Gasteiger partial charge in [0.2, 0.25) is 0 Å². The zero-order valence-corrected chi connectivity index (χ0v) is 3.79. The average molecular weight is 88.5 g/mol. The Morgan fingerprint density at radius 1 is 2.00 bits per heavy atom. The molecule has 0 aromatic rings. The molecule has 0 heterocycles. The van der Waals surface area contributed by atoms with E-state index in [9.17, 15) is 0 Å². The van der Waals surface area contributed by atoms with Crippen LogP contribution in [0.5, 0.6) is 0 Å². The van der Waals surface area contributed by atoms with Gasteiger partial charge in [0.05, 0.1) is 5.38 Å². The molecular weight excluding hydrogens is 83.5 g/mol. The summed E-state index contributed by atoms with van der Waals surface area (Å²) in [5.74, 6) is 2.29. The molecule has 0 saturated heterocycles. The van der Waals surface area contributed by atoms with E-state index in [2.05, 4.69) is 5.92 Å². The molecule has 0 aliphatic rings. The molecule has 1 heteroatoms. The molecule has 0 N–H and O–H groups in total. The van der Waals surface area contributed by atoms with Crippen molar-refractivity contribution < 1.29 is 0 Å². The fraction of sp³-hybridized carbons (Fsp3) is 0.500. The third-order valence-corrected chi connectivity index (χ3v) is 0.356. The van der Waals surface area contributed by atoms with Gasteiger partial charge in [-0.1, -0.05) is 5.92 Å². The summed E-state index contributed by atoms with van der Waals surface area (Å²) < 4.78 is 0. The highest BCUT2D eigenvalue weighted by atomic mass is 35.5. The first-order valence-corrected chi connectivity index (χ1v) is 1.81. The van der Waals surface area contributed by atoms with Gasteiger partial charge in [0.25, 0.3) is 0 Å². The van der Waals surface area contributed by atoms with E-state index < -0.39 is 0 Å². The Labute approximate surface area is 37.1 Å². The van der Waals surface area contributed by atoms with E-state index >= 15 is 0 Å². The van der Waals surface area contributed by atoms with Crippen molar-refractivity contribution in [2.75, 3.05) is 0 Å². The van der Waals surface area contributed by atoms with Crippen LogP contribution in [-0.2, 0) is 0 Å². The van der Waals surface area contributed by atoms with E-state index in [-0.39, 0.29) is 5.38 Å². The van der Waals surface area contributed by atoms with Gasteiger partial charge in [-0.05, 0) is 6.92 Å². The van der Waals surface area contributed by atoms with Crippen molar-refractivity contribution in [2.24, 2.45) is 0 Å². The van der Waals surface area contributed by atoms with E-state index in [4.69, 9.17) is 18.0 Å². The molecule has 0 nitrogen and oxygen atoms in total. The van der Waals surface area contributed by atoms with Gasteiger partial charge in [0, 0.05) is 0 Å². The zero-order chi connectivity index (χ0) is 4.28. The topological polar surface area (TPSA) is 0 Å². The van der Waals surface area contributed by atoms with Crippen molar-refractivity contribution >= 4 is 11.6 Å². The van der Waals surface area contributed by atoms with Crippen LogP contribution in [0.2, 0.25) is 0 Å². The molecule has 0 fully saturated rings. The van der Waals surface area contributed by atoms with Gasteiger partial charge in [-0.15, -0.1) is 18.0 Å². The van der Waals surface area contributed by atoms with Gasteiger partial charge in [-0.3, -0.25) is 0 Å². The van der Waals surface area contributed by atoms with E-state index in [0.717, 1.165) is 0 Å². The van der Waals surface area contributed by atoms with Crippen LogP contribution in [0.1, 0.15) is 6.92 Å². The van der Waals surface area contributed by atoms with Crippen LogP contribution in [-0.4, -0.2) is 5.38 Å². The minimum atomic E-state index is -0.116. The smallest absolute Gasteiger partial charge is 0.0912 e. The molecule has 28 valence electrons. The monoisotopic (exact) mass is 88.0 g/mol. The lowest BCUT2D eigenvalue weighted by atomic mass is 10.5. The summed E-state index contributed by atoms with van der Waals surface area (Å²) >= 11 is 5.23. The van der Waals surface area contributed by atoms with Crippen molar-refractivity contribution in [3.63, 3.8) is 0 Å². The second kappa shape index (κ2) is 2.11. The Morgan fingerprint density at radius 3 is 2.20 bits per heavy atom. The lowest BCUT2D eigenvalue weighted by Gasteiger charge is -1.77. The van der Waals surface area contributed by atoms with Crippen LogP contribution in [0.15, 0.2) is 0 Å². The molecule has 0 unspecified atom stereocenters. The van der Waals surface area contributed by atoms with E-state index in [1.165, 1.54) is 0 Å². The highest BCUT2D eigenvalue weighted by Gasteiger charge is 1.77. The highest BCUT2D eigenvalue weighted by molar-refractivity contribution is 6.22. The van der Waals surface area contributed by atoms with Crippen LogP contribution >= 0.6 is 11.6 Å². The van der Waals surface area contributed by atoms with Crippen molar-refractivity contribution in [1.29, 1.82) is 0 Å². The summed E-state index contributed by atoms with van der Waals surface area (Å²) in [6, 6.07) is 0. The van der Waals surface area contributed by atoms with E-state index in [1.807, 2.05) is 0 Å².